The Morgan fingerprint density at radius 2 is 2.27 bits per heavy atom. The standard InChI is InChI=1S/C15H23N5O2/c1-3-15(4-2,12-16-18-19-17-12)13(21)20-9-8-14(11-20)7-5-6-10-22-14/h5-6H,3-4,7-11H2,1-2H3,(H,16,17,18,19). The lowest BCUT2D eigenvalue weighted by molar-refractivity contribution is -0.138. The van der Waals surface area contributed by atoms with Crippen LogP contribution in [0.5, 0.6) is 0 Å². The van der Waals surface area contributed by atoms with Crippen molar-refractivity contribution in [1.29, 1.82) is 0 Å². The number of aromatic nitrogens is 4. The number of amides is 1. The fourth-order valence-electron chi connectivity index (χ4n) is 3.58. The van der Waals surface area contributed by atoms with Gasteiger partial charge in [0.1, 0.15) is 5.41 Å². The largest absolute Gasteiger partial charge is 0.369 e. The zero-order valence-corrected chi connectivity index (χ0v) is 13.2. The highest BCUT2D eigenvalue weighted by Crippen LogP contribution is 2.37. The molecule has 1 aromatic rings. The van der Waals surface area contributed by atoms with Gasteiger partial charge >= 0.3 is 0 Å². The quantitative estimate of drug-likeness (QED) is 0.845. The summed E-state index contributed by atoms with van der Waals surface area (Å²) < 4.78 is 5.95. The zero-order chi connectivity index (χ0) is 15.6. The number of aromatic amines is 1. The second-order valence-electron chi connectivity index (χ2n) is 6.17. The second kappa shape index (κ2) is 5.79. The fourth-order valence-corrected chi connectivity index (χ4v) is 3.58. The molecule has 0 radical (unpaired) electrons. The maximum Gasteiger partial charge on any atom is 0.236 e. The van der Waals surface area contributed by atoms with E-state index >= 15 is 0 Å². The lowest BCUT2D eigenvalue weighted by atomic mass is 9.80. The summed E-state index contributed by atoms with van der Waals surface area (Å²) in [6.45, 7) is 6.02. The Labute approximate surface area is 130 Å². The van der Waals surface area contributed by atoms with Gasteiger partial charge in [-0.15, -0.1) is 10.2 Å². The molecule has 2 aliphatic rings. The molecule has 3 rings (SSSR count). The molecule has 1 atom stereocenters. The molecule has 7 heteroatoms. The van der Waals surface area contributed by atoms with Gasteiger partial charge in [-0.3, -0.25) is 4.79 Å². The summed E-state index contributed by atoms with van der Waals surface area (Å²) >= 11 is 0. The lowest BCUT2D eigenvalue weighted by Crippen LogP contribution is -2.48. The van der Waals surface area contributed by atoms with E-state index in [9.17, 15) is 4.79 Å². The van der Waals surface area contributed by atoms with Crippen molar-refractivity contribution in [2.45, 2.75) is 50.5 Å². The smallest absolute Gasteiger partial charge is 0.236 e. The predicted molar refractivity (Wildman–Crippen MR) is 80.1 cm³/mol. The third-order valence-corrected chi connectivity index (χ3v) is 5.14. The highest BCUT2D eigenvalue weighted by Gasteiger charge is 2.48. The SMILES string of the molecule is CCC(CC)(C(=O)N1CCC2(CC=CCO2)C1)c1nn[nH]n1. The van der Waals surface area contributed by atoms with Crippen LogP contribution >= 0.6 is 0 Å². The van der Waals surface area contributed by atoms with E-state index in [1.165, 1.54) is 0 Å². The number of nitrogens with one attached hydrogen (secondary N) is 1. The number of hydrogen-bond donors (Lipinski definition) is 1. The van der Waals surface area contributed by atoms with Crippen LogP contribution in [0.3, 0.4) is 0 Å². The van der Waals surface area contributed by atoms with Crippen molar-refractivity contribution in [2.75, 3.05) is 19.7 Å². The van der Waals surface area contributed by atoms with Crippen molar-refractivity contribution in [3.8, 4) is 0 Å². The van der Waals surface area contributed by atoms with Crippen LogP contribution in [-0.4, -0.2) is 56.7 Å². The van der Waals surface area contributed by atoms with Gasteiger partial charge in [-0.1, -0.05) is 31.2 Å². The first kappa shape index (κ1) is 15.1. The van der Waals surface area contributed by atoms with E-state index in [0.717, 1.165) is 19.4 Å². The Morgan fingerprint density at radius 1 is 1.45 bits per heavy atom. The van der Waals surface area contributed by atoms with E-state index in [-0.39, 0.29) is 11.5 Å². The van der Waals surface area contributed by atoms with Crippen molar-refractivity contribution in [1.82, 2.24) is 25.5 Å². The Hall–Kier alpha value is -1.76. The van der Waals surface area contributed by atoms with Crippen LogP contribution in [0.2, 0.25) is 0 Å². The molecule has 1 saturated heterocycles. The molecule has 1 unspecified atom stereocenters. The summed E-state index contributed by atoms with van der Waals surface area (Å²) in [5.74, 6) is 0.585. The number of H-pyrrole nitrogens is 1. The molecule has 0 aliphatic carbocycles. The number of ether oxygens (including phenoxy) is 1. The van der Waals surface area contributed by atoms with Crippen LogP contribution in [-0.2, 0) is 14.9 Å². The van der Waals surface area contributed by atoms with Crippen molar-refractivity contribution < 1.29 is 9.53 Å². The minimum Gasteiger partial charge on any atom is -0.369 e. The fraction of sp³-hybridized carbons (Fsp3) is 0.733. The minimum atomic E-state index is -0.691. The van der Waals surface area contributed by atoms with Gasteiger partial charge in [0.25, 0.3) is 0 Å². The van der Waals surface area contributed by atoms with E-state index in [1.54, 1.807) is 0 Å². The van der Waals surface area contributed by atoms with Crippen molar-refractivity contribution in [3.05, 3.63) is 18.0 Å². The maximum atomic E-state index is 13.2. The molecular formula is C15H23N5O2. The molecular weight excluding hydrogens is 282 g/mol. The summed E-state index contributed by atoms with van der Waals surface area (Å²) in [6, 6.07) is 0. The Bertz CT molecular complexity index is 552. The number of tetrazole rings is 1. The minimum absolute atomic E-state index is 0.0916. The number of carbonyl (C=O) groups is 1. The van der Waals surface area contributed by atoms with Crippen molar-refractivity contribution >= 4 is 5.91 Å². The monoisotopic (exact) mass is 305 g/mol. The van der Waals surface area contributed by atoms with Gasteiger partial charge in [-0.25, -0.2) is 0 Å². The van der Waals surface area contributed by atoms with Crippen LogP contribution < -0.4 is 0 Å². The van der Waals surface area contributed by atoms with Gasteiger partial charge in [0, 0.05) is 6.54 Å². The van der Waals surface area contributed by atoms with E-state index in [0.29, 0.717) is 31.8 Å². The third kappa shape index (κ3) is 2.33. The summed E-state index contributed by atoms with van der Waals surface area (Å²) in [5.41, 5.74) is -0.891. The molecule has 1 amide bonds. The summed E-state index contributed by atoms with van der Waals surface area (Å²) in [4.78, 5) is 15.1. The van der Waals surface area contributed by atoms with E-state index < -0.39 is 5.41 Å². The van der Waals surface area contributed by atoms with Gasteiger partial charge in [0.05, 0.1) is 18.8 Å². The lowest BCUT2D eigenvalue weighted by Gasteiger charge is -2.34. The van der Waals surface area contributed by atoms with Crippen LogP contribution in [0.4, 0.5) is 0 Å². The second-order valence-corrected chi connectivity index (χ2v) is 6.17. The summed E-state index contributed by atoms with van der Waals surface area (Å²) in [5, 5.41) is 14.3. The van der Waals surface area contributed by atoms with E-state index in [2.05, 4.69) is 26.7 Å². The van der Waals surface area contributed by atoms with Gasteiger partial charge in [0.15, 0.2) is 5.82 Å². The highest BCUT2D eigenvalue weighted by molar-refractivity contribution is 5.87. The van der Waals surface area contributed by atoms with Crippen LogP contribution in [0.25, 0.3) is 0 Å². The molecule has 1 fully saturated rings. The van der Waals surface area contributed by atoms with Gasteiger partial charge in [-0.05, 0) is 25.7 Å². The Kier molecular flexibility index (Phi) is 3.99. The Balaban J connectivity index is 1.82. The van der Waals surface area contributed by atoms with Gasteiger partial charge < -0.3 is 9.64 Å². The van der Waals surface area contributed by atoms with Gasteiger partial charge in [-0.2, -0.15) is 5.21 Å². The topological polar surface area (TPSA) is 84.0 Å². The highest BCUT2D eigenvalue weighted by atomic mass is 16.5. The van der Waals surface area contributed by atoms with Gasteiger partial charge in [0.2, 0.25) is 5.91 Å². The molecule has 3 heterocycles. The predicted octanol–water partition coefficient (Wildman–Crippen LogP) is 1.21. The van der Waals surface area contributed by atoms with Crippen molar-refractivity contribution in [2.24, 2.45) is 0 Å². The van der Waals surface area contributed by atoms with E-state index in [1.807, 2.05) is 24.8 Å². The average Bonchev–Trinajstić information content (AvgIpc) is 3.21. The molecule has 1 aromatic heterocycles. The molecule has 0 aromatic carbocycles. The first-order valence-corrected chi connectivity index (χ1v) is 7.98. The molecule has 1 N–H and O–H groups in total. The summed E-state index contributed by atoms with van der Waals surface area (Å²) in [6.07, 6.45) is 7.28. The Morgan fingerprint density at radius 3 is 2.86 bits per heavy atom. The van der Waals surface area contributed by atoms with Crippen LogP contribution in [0.1, 0.15) is 45.4 Å². The first-order chi connectivity index (χ1) is 10.7. The molecule has 7 nitrogen and oxygen atoms in total. The molecule has 1 spiro atoms. The number of hydrogen-bond acceptors (Lipinski definition) is 5. The van der Waals surface area contributed by atoms with Crippen LogP contribution in [0, 0.1) is 0 Å². The van der Waals surface area contributed by atoms with Crippen LogP contribution in [0.15, 0.2) is 12.2 Å². The molecule has 120 valence electrons. The average molecular weight is 305 g/mol. The number of carbonyl (C=O) groups excluding carboxylic acids is 1. The number of rotatable bonds is 4. The van der Waals surface area contributed by atoms with E-state index in [4.69, 9.17) is 4.74 Å². The maximum absolute atomic E-state index is 13.2. The molecule has 22 heavy (non-hydrogen) atoms. The molecule has 0 saturated carbocycles. The third-order valence-electron chi connectivity index (χ3n) is 5.14. The number of likely N-dealkylation sites (tertiary alicyclic amines) is 1. The first-order valence-electron chi connectivity index (χ1n) is 7.98. The molecule has 2 aliphatic heterocycles. The normalized spacial score (nSPS) is 25.1. The molecule has 0 bridgehead atoms. The zero-order valence-electron chi connectivity index (χ0n) is 13.2. The summed E-state index contributed by atoms with van der Waals surface area (Å²) in [7, 11) is 0. The number of nitrogens with zero attached hydrogens (tertiary/aromatic N) is 4. The van der Waals surface area contributed by atoms with Crippen molar-refractivity contribution in [3.63, 3.8) is 0 Å².